The molecule has 7 nitrogen and oxygen atoms in total. The number of hydrogen-bond donors (Lipinski definition) is 1. The van der Waals surface area contributed by atoms with Gasteiger partial charge in [-0.1, -0.05) is 12.1 Å². The van der Waals surface area contributed by atoms with E-state index >= 15 is 0 Å². The van der Waals surface area contributed by atoms with E-state index in [1.807, 2.05) is 6.07 Å². The van der Waals surface area contributed by atoms with E-state index in [2.05, 4.69) is 4.74 Å². The van der Waals surface area contributed by atoms with Crippen LogP contribution in [-0.2, 0) is 14.3 Å². The van der Waals surface area contributed by atoms with Crippen LogP contribution in [0.5, 0.6) is 0 Å². The molecule has 118 valence electrons. The minimum atomic E-state index is -0.855. The van der Waals surface area contributed by atoms with E-state index in [1.165, 1.54) is 26.2 Å². The van der Waals surface area contributed by atoms with Gasteiger partial charge in [-0.05, 0) is 24.6 Å². The van der Waals surface area contributed by atoms with Gasteiger partial charge < -0.3 is 14.7 Å². The number of ketones is 1. The summed E-state index contributed by atoms with van der Waals surface area (Å²) in [5.41, 5.74) is 0.761. The molecule has 1 unspecified atom stereocenters. The number of nitriles is 1. The van der Waals surface area contributed by atoms with Crippen molar-refractivity contribution in [2.24, 2.45) is 0 Å². The summed E-state index contributed by atoms with van der Waals surface area (Å²) < 4.78 is 4.60. The maximum Gasteiger partial charge on any atom is 0.337 e. The molecule has 1 aromatic carbocycles. The molecule has 0 radical (unpaired) electrons. The van der Waals surface area contributed by atoms with Crippen LogP contribution in [0.4, 0.5) is 0 Å². The summed E-state index contributed by atoms with van der Waals surface area (Å²) >= 11 is 0. The number of ether oxygens (including phenoxy) is 1. The SMILES string of the molecule is COC(=O)c1ccc(C2C(C(C)=O)=C(O)C(=O)N2CC#N)cc1. The van der Waals surface area contributed by atoms with Crippen molar-refractivity contribution in [3.8, 4) is 6.07 Å². The first-order valence-electron chi connectivity index (χ1n) is 6.72. The van der Waals surface area contributed by atoms with Gasteiger partial charge in [0.2, 0.25) is 0 Å². The van der Waals surface area contributed by atoms with Crippen molar-refractivity contribution < 1.29 is 24.2 Å². The number of benzene rings is 1. The van der Waals surface area contributed by atoms with Gasteiger partial charge in [-0.3, -0.25) is 9.59 Å². The molecule has 0 saturated heterocycles. The predicted octanol–water partition coefficient (Wildman–Crippen LogP) is 1.28. The second kappa shape index (κ2) is 6.32. The highest BCUT2D eigenvalue weighted by molar-refractivity contribution is 6.08. The maximum atomic E-state index is 12.1. The summed E-state index contributed by atoms with van der Waals surface area (Å²) in [7, 11) is 1.26. The number of carbonyl (C=O) groups excluding carboxylic acids is 3. The lowest BCUT2D eigenvalue weighted by Gasteiger charge is -2.24. The van der Waals surface area contributed by atoms with E-state index in [1.54, 1.807) is 12.1 Å². The van der Waals surface area contributed by atoms with Crippen LogP contribution in [-0.4, -0.2) is 41.3 Å². The van der Waals surface area contributed by atoms with Crippen molar-refractivity contribution in [1.29, 1.82) is 5.26 Å². The topological polar surface area (TPSA) is 108 Å². The lowest BCUT2D eigenvalue weighted by molar-refractivity contribution is -0.128. The highest BCUT2D eigenvalue weighted by Crippen LogP contribution is 2.37. The van der Waals surface area contributed by atoms with Gasteiger partial charge >= 0.3 is 5.97 Å². The van der Waals surface area contributed by atoms with E-state index in [0.717, 1.165) is 4.90 Å². The number of hydrogen-bond acceptors (Lipinski definition) is 6. The minimum Gasteiger partial charge on any atom is -0.503 e. The molecule has 1 atom stereocenters. The Kier molecular flexibility index (Phi) is 4.46. The van der Waals surface area contributed by atoms with Crippen LogP contribution in [0.15, 0.2) is 35.6 Å². The van der Waals surface area contributed by atoms with Gasteiger partial charge in [0.15, 0.2) is 11.5 Å². The molecular formula is C16H14N2O5. The molecule has 7 heteroatoms. The van der Waals surface area contributed by atoms with Crippen molar-refractivity contribution in [2.45, 2.75) is 13.0 Å². The molecule has 1 aromatic rings. The zero-order chi connectivity index (χ0) is 17.1. The molecule has 0 bridgehead atoms. The number of Topliss-reactive ketones (excluding diaryl/α,β-unsaturated/α-hetero) is 1. The van der Waals surface area contributed by atoms with E-state index in [0.29, 0.717) is 11.1 Å². The summed E-state index contributed by atoms with van der Waals surface area (Å²) in [5.74, 6) is -2.38. The molecule has 1 N–H and O–H groups in total. The highest BCUT2D eigenvalue weighted by Gasteiger charge is 2.42. The quantitative estimate of drug-likeness (QED) is 0.662. The van der Waals surface area contributed by atoms with Crippen LogP contribution in [0.25, 0.3) is 0 Å². The van der Waals surface area contributed by atoms with Crippen LogP contribution in [0.2, 0.25) is 0 Å². The molecule has 0 saturated carbocycles. The van der Waals surface area contributed by atoms with E-state index < -0.39 is 29.5 Å². The summed E-state index contributed by atoms with van der Waals surface area (Å²) in [4.78, 5) is 36.4. The van der Waals surface area contributed by atoms with Crippen LogP contribution in [0.3, 0.4) is 0 Å². The Morgan fingerprint density at radius 1 is 1.35 bits per heavy atom. The lowest BCUT2D eigenvalue weighted by Crippen LogP contribution is -2.31. The fraction of sp³-hybridized carbons (Fsp3) is 0.250. The largest absolute Gasteiger partial charge is 0.503 e. The first-order chi connectivity index (χ1) is 10.9. The van der Waals surface area contributed by atoms with Gasteiger partial charge in [-0.15, -0.1) is 0 Å². The summed E-state index contributed by atoms with van der Waals surface area (Å²) in [6.07, 6.45) is 0. The Hall–Kier alpha value is -3.14. The number of esters is 1. The first kappa shape index (κ1) is 16.2. The zero-order valence-corrected chi connectivity index (χ0v) is 12.6. The molecular weight excluding hydrogens is 300 g/mol. The minimum absolute atomic E-state index is 0.0592. The molecule has 23 heavy (non-hydrogen) atoms. The Labute approximate surface area is 132 Å². The van der Waals surface area contributed by atoms with Crippen LogP contribution < -0.4 is 0 Å². The molecule has 0 fully saturated rings. The van der Waals surface area contributed by atoms with E-state index in [-0.39, 0.29) is 12.1 Å². The van der Waals surface area contributed by atoms with Gasteiger partial charge in [-0.25, -0.2) is 4.79 Å². The van der Waals surface area contributed by atoms with Gasteiger partial charge in [0.1, 0.15) is 6.54 Å². The third kappa shape index (κ3) is 2.79. The number of methoxy groups -OCH3 is 1. The van der Waals surface area contributed by atoms with Crippen LogP contribution >= 0.6 is 0 Å². The number of aliphatic hydroxyl groups excluding tert-OH is 1. The standard InChI is InChI=1S/C16H14N2O5/c1-9(19)12-13(18(8-7-17)15(21)14(12)20)10-3-5-11(6-4-10)16(22)23-2/h3-6,13,20H,8H2,1-2H3. The lowest BCUT2D eigenvalue weighted by atomic mass is 9.96. The highest BCUT2D eigenvalue weighted by atomic mass is 16.5. The van der Waals surface area contributed by atoms with Crippen molar-refractivity contribution in [3.05, 3.63) is 46.7 Å². The van der Waals surface area contributed by atoms with Crippen molar-refractivity contribution in [2.75, 3.05) is 13.7 Å². The number of aliphatic hydroxyl groups is 1. The average Bonchev–Trinajstić information content (AvgIpc) is 2.79. The van der Waals surface area contributed by atoms with Crippen molar-refractivity contribution in [1.82, 2.24) is 4.90 Å². The van der Waals surface area contributed by atoms with Crippen LogP contribution in [0, 0.1) is 11.3 Å². The zero-order valence-electron chi connectivity index (χ0n) is 12.6. The molecule has 1 aliphatic heterocycles. The monoisotopic (exact) mass is 314 g/mol. The molecule has 0 spiro atoms. The van der Waals surface area contributed by atoms with Gasteiger partial charge in [0, 0.05) is 0 Å². The second-order valence-corrected chi connectivity index (χ2v) is 4.93. The van der Waals surface area contributed by atoms with Crippen molar-refractivity contribution >= 4 is 17.7 Å². The maximum absolute atomic E-state index is 12.1. The Balaban J connectivity index is 2.48. The van der Waals surface area contributed by atoms with E-state index in [9.17, 15) is 19.5 Å². The molecule has 0 aromatic heterocycles. The van der Waals surface area contributed by atoms with Crippen molar-refractivity contribution in [3.63, 3.8) is 0 Å². The molecule has 2 rings (SSSR count). The van der Waals surface area contributed by atoms with Gasteiger partial charge in [-0.2, -0.15) is 5.26 Å². The fourth-order valence-corrected chi connectivity index (χ4v) is 2.52. The third-order valence-electron chi connectivity index (χ3n) is 3.57. The molecule has 1 aliphatic rings. The fourth-order valence-electron chi connectivity index (χ4n) is 2.52. The van der Waals surface area contributed by atoms with E-state index in [4.69, 9.17) is 5.26 Å². The smallest absolute Gasteiger partial charge is 0.337 e. The average molecular weight is 314 g/mol. The Morgan fingerprint density at radius 3 is 2.43 bits per heavy atom. The third-order valence-corrected chi connectivity index (χ3v) is 3.57. The number of carbonyl (C=O) groups is 3. The number of rotatable bonds is 4. The Bertz CT molecular complexity index is 743. The Morgan fingerprint density at radius 2 is 1.96 bits per heavy atom. The molecule has 1 heterocycles. The van der Waals surface area contributed by atoms with Gasteiger partial charge in [0.05, 0.1) is 30.4 Å². The van der Waals surface area contributed by atoms with Gasteiger partial charge in [0.25, 0.3) is 5.91 Å². The number of nitrogens with zero attached hydrogens (tertiary/aromatic N) is 2. The van der Waals surface area contributed by atoms with Crippen LogP contribution in [0.1, 0.15) is 28.9 Å². The second-order valence-electron chi connectivity index (χ2n) is 4.93. The normalized spacial score (nSPS) is 17.2. The first-order valence-corrected chi connectivity index (χ1v) is 6.72. The molecule has 1 amide bonds. The summed E-state index contributed by atoms with van der Waals surface area (Å²) in [6, 6.07) is 7.07. The summed E-state index contributed by atoms with van der Waals surface area (Å²) in [6.45, 7) is 0.966. The predicted molar refractivity (Wildman–Crippen MR) is 78.2 cm³/mol. The number of amides is 1. The molecule has 0 aliphatic carbocycles. The summed E-state index contributed by atoms with van der Waals surface area (Å²) in [5, 5.41) is 18.8.